The first-order valence-electron chi connectivity index (χ1n) is 10.5. The van der Waals surface area contributed by atoms with Crippen LogP contribution in [-0.4, -0.2) is 67.5 Å². The first-order valence-corrected chi connectivity index (χ1v) is 10.5. The van der Waals surface area contributed by atoms with Gasteiger partial charge in [-0.05, 0) is 38.5 Å². The van der Waals surface area contributed by atoms with E-state index in [1.54, 1.807) is 28.3 Å². The number of piperazine rings is 1. The Balaban J connectivity index is 1.26. The van der Waals surface area contributed by atoms with Gasteiger partial charge in [-0.15, -0.1) is 0 Å². The van der Waals surface area contributed by atoms with Crippen LogP contribution in [-0.2, 0) is 11.3 Å². The van der Waals surface area contributed by atoms with Gasteiger partial charge in [-0.2, -0.15) is 5.10 Å². The smallest absolute Gasteiger partial charge is 0.410 e. The van der Waals surface area contributed by atoms with Crippen LogP contribution in [0.5, 0.6) is 5.75 Å². The van der Waals surface area contributed by atoms with E-state index < -0.39 is 5.60 Å². The first-order chi connectivity index (χ1) is 15.4. The highest BCUT2D eigenvalue weighted by atomic mass is 16.6. The molecule has 0 N–H and O–H groups in total. The van der Waals surface area contributed by atoms with Gasteiger partial charge >= 0.3 is 6.09 Å². The summed E-state index contributed by atoms with van der Waals surface area (Å²) < 4.78 is 12.9. The highest BCUT2D eigenvalue weighted by Gasteiger charge is 2.26. The molecule has 0 aliphatic carbocycles. The molecule has 3 aromatic rings. The van der Waals surface area contributed by atoms with Crippen molar-refractivity contribution >= 4 is 12.0 Å². The first kappa shape index (κ1) is 21.5. The minimum atomic E-state index is -0.494. The fourth-order valence-electron chi connectivity index (χ4n) is 3.22. The summed E-state index contributed by atoms with van der Waals surface area (Å²) in [5.74, 6) is 1.22. The van der Waals surface area contributed by atoms with E-state index in [-0.39, 0.29) is 6.09 Å². The van der Waals surface area contributed by atoms with Crippen molar-refractivity contribution in [2.24, 2.45) is 0 Å². The van der Waals surface area contributed by atoms with Crippen LogP contribution in [0, 0.1) is 0 Å². The van der Waals surface area contributed by atoms with Crippen LogP contribution in [0.2, 0.25) is 0 Å². The molecule has 32 heavy (non-hydrogen) atoms. The van der Waals surface area contributed by atoms with Crippen LogP contribution < -0.4 is 9.64 Å². The number of ether oxygens (including phenoxy) is 2. The summed E-state index contributed by atoms with van der Waals surface area (Å²) >= 11 is 0. The molecular weight excluding hydrogens is 410 g/mol. The average Bonchev–Trinajstić information content (AvgIpc) is 3.32. The molecule has 0 spiro atoms. The molecule has 10 nitrogen and oxygen atoms in total. The standard InChI is InChI=1S/C22H27N7O3/c1-22(2,3)32-21(30)28-10-8-27(9-11-28)20-24-12-19(13-25-20)31-14-17-4-6-18(7-5-17)29-16-23-15-26-29/h4-7,12-13,15-16H,8-11,14H2,1-3H3. The number of benzene rings is 1. The van der Waals surface area contributed by atoms with E-state index in [2.05, 4.69) is 20.1 Å². The number of carbonyl (C=O) groups is 1. The van der Waals surface area contributed by atoms with Gasteiger partial charge < -0.3 is 19.3 Å². The van der Waals surface area contributed by atoms with Gasteiger partial charge in [-0.25, -0.2) is 24.4 Å². The molecule has 1 aliphatic rings. The Bertz CT molecular complexity index is 1010. The maximum atomic E-state index is 12.2. The Morgan fingerprint density at radius 2 is 1.72 bits per heavy atom. The molecule has 168 valence electrons. The summed E-state index contributed by atoms with van der Waals surface area (Å²) in [7, 11) is 0. The molecule has 4 rings (SSSR count). The minimum absolute atomic E-state index is 0.281. The second kappa shape index (κ2) is 9.21. The van der Waals surface area contributed by atoms with Crippen molar-refractivity contribution in [1.82, 2.24) is 29.6 Å². The lowest BCUT2D eigenvalue weighted by Gasteiger charge is -2.35. The largest absolute Gasteiger partial charge is 0.486 e. The summed E-state index contributed by atoms with van der Waals surface area (Å²) in [5, 5.41) is 4.11. The van der Waals surface area contributed by atoms with Gasteiger partial charge in [0.05, 0.1) is 18.1 Å². The second-order valence-electron chi connectivity index (χ2n) is 8.47. The summed E-state index contributed by atoms with van der Waals surface area (Å²) in [4.78, 5) is 28.8. The monoisotopic (exact) mass is 437 g/mol. The highest BCUT2D eigenvalue weighted by Crippen LogP contribution is 2.17. The molecule has 1 amide bonds. The van der Waals surface area contributed by atoms with Crippen LogP contribution in [0.25, 0.3) is 5.69 Å². The van der Waals surface area contributed by atoms with E-state index in [0.29, 0.717) is 44.5 Å². The summed E-state index contributed by atoms with van der Waals surface area (Å²) in [6, 6.07) is 7.89. The van der Waals surface area contributed by atoms with E-state index in [1.807, 2.05) is 49.9 Å². The Morgan fingerprint density at radius 3 is 2.31 bits per heavy atom. The van der Waals surface area contributed by atoms with E-state index in [4.69, 9.17) is 9.47 Å². The third-order valence-electron chi connectivity index (χ3n) is 4.85. The van der Waals surface area contributed by atoms with Crippen molar-refractivity contribution in [2.75, 3.05) is 31.1 Å². The van der Waals surface area contributed by atoms with Gasteiger partial charge in [0.1, 0.15) is 24.9 Å². The van der Waals surface area contributed by atoms with Crippen molar-refractivity contribution in [2.45, 2.75) is 33.0 Å². The zero-order chi connectivity index (χ0) is 22.6. The van der Waals surface area contributed by atoms with E-state index >= 15 is 0 Å². The van der Waals surface area contributed by atoms with Gasteiger partial charge in [0.25, 0.3) is 0 Å². The molecule has 1 saturated heterocycles. The quantitative estimate of drug-likeness (QED) is 0.601. The average molecular weight is 438 g/mol. The predicted molar refractivity (Wildman–Crippen MR) is 118 cm³/mol. The molecule has 0 atom stereocenters. The topological polar surface area (TPSA) is 98.5 Å². The van der Waals surface area contributed by atoms with Crippen LogP contribution in [0.1, 0.15) is 26.3 Å². The van der Waals surface area contributed by atoms with Crippen molar-refractivity contribution in [3.8, 4) is 11.4 Å². The van der Waals surface area contributed by atoms with Crippen molar-refractivity contribution < 1.29 is 14.3 Å². The fourth-order valence-corrected chi connectivity index (χ4v) is 3.22. The number of hydrogen-bond donors (Lipinski definition) is 0. The third-order valence-corrected chi connectivity index (χ3v) is 4.85. The maximum absolute atomic E-state index is 12.2. The molecule has 0 radical (unpaired) electrons. The van der Waals surface area contributed by atoms with Gasteiger partial charge in [-0.3, -0.25) is 0 Å². The van der Waals surface area contributed by atoms with Crippen molar-refractivity contribution in [3.05, 3.63) is 54.9 Å². The van der Waals surface area contributed by atoms with Gasteiger partial charge in [0.2, 0.25) is 5.95 Å². The SMILES string of the molecule is CC(C)(C)OC(=O)N1CCN(c2ncc(OCc3ccc(-n4cncn4)cc3)cn2)CC1. The van der Waals surface area contributed by atoms with E-state index in [9.17, 15) is 4.79 Å². The van der Waals surface area contributed by atoms with Gasteiger partial charge in [0, 0.05) is 26.2 Å². The van der Waals surface area contributed by atoms with Crippen LogP contribution >= 0.6 is 0 Å². The van der Waals surface area contributed by atoms with Crippen LogP contribution in [0.4, 0.5) is 10.7 Å². The molecule has 10 heteroatoms. The normalized spacial score (nSPS) is 14.3. The Morgan fingerprint density at radius 1 is 1.03 bits per heavy atom. The number of aromatic nitrogens is 5. The van der Waals surface area contributed by atoms with Crippen molar-refractivity contribution in [1.29, 1.82) is 0 Å². The van der Waals surface area contributed by atoms with Crippen LogP contribution in [0.15, 0.2) is 49.3 Å². The number of carbonyl (C=O) groups excluding carboxylic acids is 1. The molecule has 1 aliphatic heterocycles. The van der Waals surface area contributed by atoms with E-state index in [1.165, 1.54) is 6.33 Å². The van der Waals surface area contributed by atoms with Gasteiger partial charge in [0.15, 0.2) is 5.75 Å². The molecular formula is C22H27N7O3. The second-order valence-corrected chi connectivity index (χ2v) is 8.47. The number of hydrogen-bond acceptors (Lipinski definition) is 8. The zero-order valence-electron chi connectivity index (χ0n) is 18.5. The maximum Gasteiger partial charge on any atom is 0.410 e. The lowest BCUT2D eigenvalue weighted by molar-refractivity contribution is 0.0240. The molecule has 0 saturated carbocycles. The summed E-state index contributed by atoms with van der Waals surface area (Å²) in [6.45, 7) is 8.46. The van der Waals surface area contributed by atoms with E-state index in [0.717, 1.165) is 11.3 Å². The molecule has 2 aromatic heterocycles. The molecule has 3 heterocycles. The molecule has 1 fully saturated rings. The molecule has 0 unspecified atom stereocenters. The lowest BCUT2D eigenvalue weighted by atomic mass is 10.2. The van der Waals surface area contributed by atoms with Crippen LogP contribution in [0.3, 0.4) is 0 Å². The zero-order valence-corrected chi connectivity index (χ0v) is 18.5. The summed E-state index contributed by atoms with van der Waals surface area (Å²) in [6.07, 6.45) is 6.22. The molecule has 0 bridgehead atoms. The predicted octanol–water partition coefficient (Wildman–Crippen LogP) is 2.69. The summed E-state index contributed by atoms with van der Waals surface area (Å²) in [5.41, 5.74) is 1.47. The van der Waals surface area contributed by atoms with Gasteiger partial charge in [-0.1, -0.05) is 12.1 Å². The lowest BCUT2D eigenvalue weighted by Crippen LogP contribution is -2.50. The number of anilines is 1. The molecule has 1 aromatic carbocycles. The minimum Gasteiger partial charge on any atom is -0.486 e. The highest BCUT2D eigenvalue weighted by molar-refractivity contribution is 5.68. The number of nitrogens with zero attached hydrogens (tertiary/aromatic N) is 7. The Kier molecular flexibility index (Phi) is 6.20. The fraction of sp³-hybridized carbons (Fsp3) is 0.409. The van der Waals surface area contributed by atoms with Crippen molar-refractivity contribution in [3.63, 3.8) is 0 Å². The third kappa shape index (κ3) is 5.51. The number of rotatable bonds is 5. The number of amides is 1. The Hall–Kier alpha value is -3.69. The Labute approximate surface area is 186 Å².